The van der Waals surface area contributed by atoms with E-state index in [0.717, 1.165) is 12.5 Å². The molecule has 0 radical (unpaired) electrons. The molecule has 1 saturated heterocycles. The molecule has 0 saturated carbocycles. The Morgan fingerprint density at radius 2 is 2.18 bits per heavy atom. The predicted octanol–water partition coefficient (Wildman–Crippen LogP) is 2.96. The van der Waals surface area contributed by atoms with E-state index in [4.69, 9.17) is 0 Å². The molecule has 1 fully saturated rings. The molecule has 0 N–H and O–H groups in total. The summed E-state index contributed by atoms with van der Waals surface area (Å²) in [4.78, 5) is 2.61. The first-order valence-electron chi connectivity index (χ1n) is 6.71. The molecule has 2 aliphatic rings. The van der Waals surface area contributed by atoms with Crippen molar-refractivity contribution >= 4 is 10.9 Å². The van der Waals surface area contributed by atoms with Crippen LogP contribution in [-0.4, -0.2) is 22.6 Å². The molecule has 0 spiro atoms. The average Bonchev–Trinajstić information content (AvgIpc) is 2.90. The zero-order valence-electron chi connectivity index (χ0n) is 10.3. The second-order valence-electron chi connectivity index (χ2n) is 5.35. The minimum atomic E-state index is 0.783. The summed E-state index contributed by atoms with van der Waals surface area (Å²) in [6.45, 7) is 7.11. The molecule has 2 heteroatoms. The van der Waals surface area contributed by atoms with Crippen LogP contribution in [0.1, 0.15) is 30.5 Å². The number of aryl methyl sites for hydroxylation is 1. The summed E-state index contributed by atoms with van der Waals surface area (Å²) in [6, 6.07) is 8.92. The first-order valence-corrected chi connectivity index (χ1v) is 6.71. The number of benzene rings is 1. The van der Waals surface area contributed by atoms with Gasteiger partial charge in [-0.25, -0.2) is 0 Å². The van der Waals surface area contributed by atoms with Crippen molar-refractivity contribution in [1.82, 2.24) is 9.47 Å². The highest BCUT2D eigenvalue weighted by molar-refractivity contribution is 5.86. The van der Waals surface area contributed by atoms with Crippen molar-refractivity contribution in [2.75, 3.05) is 13.1 Å². The molecule has 2 bridgehead atoms. The molecule has 2 aromatic rings. The average molecular weight is 226 g/mol. The second-order valence-corrected chi connectivity index (χ2v) is 5.35. The van der Waals surface area contributed by atoms with Crippen molar-refractivity contribution in [3.63, 3.8) is 0 Å². The first kappa shape index (κ1) is 9.72. The number of hydrogen-bond acceptors (Lipinski definition) is 1. The molecule has 4 rings (SSSR count). The number of aromatic nitrogens is 1. The zero-order valence-corrected chi connectivity index (χ0v) is 10.3. The van der Waals surface area contributed by atoms with Gasteiger partial charge in [0.1, 0.15) is 0 Å². The number of hydrogen-bond donors (Lipinski definition) is 0. The highest BCUT2D eigenvalue weighted by Gasteiger charge is 2.34. The zero-order chi connectivity index (χ0) is 11.4. The topological polar surface area (TPSA) is 8.17 Å². The van der Waals surface area contributed by atoms with Gasteiger partial charge >= 0.3 is 0 Å². The van der Waals surface area contributed by atoms with Gasteiger partial charge in [-0.3, -0.25) is 4.90 Å². The lowest BCUT2D eigenvalue weighted by Crippen LogP contribution is -2.25. The molecule has 17 heavy (non-hydrogen) atoms. The minimum Gasteiger partial charge on any atom is -0.344 e. The van der Waals surface area contributed by atoms with Crippen LogP contribution in [0.15, 0.2) is 24.3 Å². The van der Waals surface area contributed by atoms with Crippen LogP contribution in [0.4, 0.5) is 0 Å². The van der Waals surface area contributed by atoms with E-state index in [2.05, 4.69) is 40.7 Å². The van der Waals surface area contributed by atoms with Crippen LogP contribution in [0.25, 0.3) is 10.9 Å². The van der Waals surface area contributed by atoms with Crippen LogP contribution in [0, 0.1) is 0 Å². The lowest BCUT2D eigenvalue weighted by molar-refractivity contribution is 0.311. The van der Waals surface area contributed by atoms with Gasteiger partial charge in [0.15, 0.2) is 0 Å². The monoisotopic (exact) mass is 226 g/mol. The van der Waals surface area contributed by atoms with E-state index in [9.17, 15) is 0 Å². The van der Waals surface area contributed by atoms with E-state index < -0.39 is 0 Å². The van der Waals surface area contributed by atoms with Crippen molar-refractivity contribution in [2.45, 2.75) is 32.4 Å². The number of nitrogens with zero attached hydrogens (tertiary/aromatic N) is 2. The Morgan fingerprint density at radius 1 is 1.29 bits per heavy atom. The van der Waals surface area contributed by atoms with Crippen molar-refractivity contribution in [3.05, 3.63) is 35.5 Å². The maximum atomic E-state index is 2.61. The van der Waals surface area contributed by atoms with E-state index in [-0.39, 0.29) is 0 Å². The number of rotatable bonds is 1. The third-order valence-corrected chi connectivity index (χ3v) is 4.48. The quantitative estimate of drug-likeness (QED) is 0.725. The predicted molar refractivity (Wildman–Crippen MR) is 70.2 cm³/mol. The summed E-state index contributed by atoms with van der Waals surface area (Å²) in [5.74, 6) is 0.783. The van der Waals surface area contributed by atoms with Crippen molar-refractivity contribution in [1.29, 1.82) is 0 Å². The molecule has 0 amide bonds. The third-order valence-electron chi connectivity index (χ3n) is 4.48. The Labute approximate surface area is 102 Å². The summed E-state index contributed by atoms with van der Waals surface area (Å²) in [5.41, 5.74) is 4.69. The fourth-order valence-electron chi connectivity index (χ4n) is 3.79. The highest BCUT2D eigenvalue weighted by atomic mass is 15.2. The van der Waals surface area contributed by atoms with Crippen LogP contribution in [0.5, 0.6) is 0 Å². The van der Waals surface area contributed by atoms with E-state index in [1.165, 1.54) is 37.0 Å². The number of para-hydroxylation sites is 1. The highest BCUT2D eigenvalue weighted by Crippen LogP contribution is 2.41. The standard InChI is InChI=1S/C15H18N2/c1-2-17-14-6-4-3-5-12(14)13-10-16-8-7-11(9-16)15(13)17/h3-6,11H,2,7-10H2,1H3. The van der Waals surface area contributed by atoms with E-state index in [1.807, 2.05) is 0 Å². The third kappa shape index (κ3) is 1.19. The molecule has 88 valence electrons. The van der Waals surface area contributed by atoms with Gasteiger partial charge in [-0.05, 0) is 31.5 Å². The van der Waals surface area contributed by atoms with E-state index in [1.54, 1.807) is 11.3 Å². The first-order chi connectivity index (χ1) is 8.38. The Morgan fingerprint density at radius 3 is 3.06 bits per heavy atom. The Bertz CT molecular complexity index is 582. The van der Waals surface area contributed by atoms with Gasteiger partial charge in [-0.2, -0.15) is 0 Å². The molecular formula is C15H18N2. The summed E-state index contributed by atoms with van der Waals surface area (Å²) >= 11 is 0. The van der Waals surface area contributed by atoms with Crippen molar-refractivity contribution in [2.24, 2.45) is 0 Å². The van der Waals surface area contributed by atoms with Gasteiger partial charge in [-0.15, -0.1) is 0 Å². The van der Waals surface area contributed by atoms with Gasteiger partial charge in [0.05, 0.1) is 0 Å². The minimum absolute atomic E-state index is 0.783. The smallest absolute Gasteiger partial charge is 0.0485 e. The van der Waals surface area contributed by atoms with Gasteiger partial charge in [0, 0.05) is 42.1 Å². The Kier molecular flexibility index (Phi) is 1.92. The molecule has 2 aliphatic heterocycles. The van der Waals surface area contributed by atoms with Crippen molar-refractivity contribution in [3.8, 4) is 0 Å². The van der Waals surface area contributed by atoms with Crippen LogP contribution in [-0.2, 0) is 13.1 Å². The summed E-state index contributed by atoms with van der Waals surface area (Å²) < 4.78 is 2.55. The van der Waals surface area contributed by atoms with Gasteiger partial charge < -0.3 is 4.57 Å². The molecule has 1 aromatic heterocycles. The fraction of sp³-hybridized carbons (Fsp3) is 0.467. The SMILES string of the molecule is CCn1c2c(c3ccccc31)CN1CCC2C1. The van der Waals surface area contributed by atoms with Crippen LogP contribution in [0.3, 0.4) is 0 Å². The fourth-order valence-corrected chi connectivity index (χ4v) is 3.79. The van der Waals surface area contributed by atoms with E-state index in [0.29, 0.717) is 0 Å². The Hall–Kier alpha value is -1.28. The molecular weight excluding hydrogens is 208 g/mol. The maximum Gasteiger partial charge on any atom is 0.0485 e. The maximum absolute atomic E-state index is 2.61. The van der Waals surface area contributed by atoms with Gasteiger partial charge in [0.2, 0.25) is 0 Å². The summed E-state index contributed by atoms with van der Waals surface area (Å²) in [6.07, 6.45) is 1.35. The largest absolute Gasteiger partial charge is 0.344 e. The Balaban J connectivity index is 2.07. The molecule has 2 nitrogen and oxygen atoms in total. The molecule has 2 atom stereocenters. The van der Waals surface area contributed by atoms with Crippen LogP contribution >= 0.6 is 0 Å². The second kappa shape index (κ2) is 3.36. The van der Waals surface area contributed by atoms with Gasteiger partial charge in [-0.1, -0.05) is 18.2 Å². The van der Waals surface area contributed by atoms with E-state index >= 15 is 0 Å². The summed E-state index contributed by atoms with van der Waals surface area (Å²) in [5, 5.41) is 1.49. The van der Waals surface area contributed by atoms with Gasteiger partial charge in [0.25, 0.3) is 0 Å². The lowest BCUT2D eigenvalue weighted by Gasteiger charge is -2.24. The molecule has 1 aromatic carbocycles. The molecule has 3 heterocycles. The number of fused-ring (bicyclic) bond motifs is 6. The van der Waals surface area contributed by atoms with Crippen LogP contribution in [0.2, 0.25) is 0 Å². The molecule has 2 unspecified atom stereocenters. The normalized spacial score (nSPS) is 26.4. The lowest BCUT2D eigenvalue weighted by atomic mass is 9.97. The summed E-state index contributed by atoms with van der Waals surface area (Å²) in [7, 11) is 0. The van der Waals surface area contributed by atoms with Crippen LogP contribution < -0.4 is 0 Å². The molecule has 0 aliphatic carbocycles. The van der Waals surface area contributed by atoms with Crippen molar-refractivity contribution < 1.29 is 0 Å².